The minimum atomic E-state index is -0.981. The SMILES string of the molecule is COc1cc([N+](=O)[O-])ccc1OCC1CCC(C(=O)O)O1. The molecule has 0 amide bonds. The summed E-state index contributed by atoms with van der Waals surface area (Å²) in [5, 5.41) is 19.5. The monoisotopic (exact) mass is 297 g/mol. The van der Waals surface area contributed by atoms with Gasteiger partial charge in [-0.05, 0) is 18.9 Å². The van der Waals surface area contributed by atoms with Crippen molar-refractivity contribution in [2.45, 2.75) is 25.0 Å². The van der Waals surface area contributed by atoms with Crippen LogP contribution >= 0.6 is 0 Å². The number of nitro benzene ring substituents is 1. The quantitative estimate of drug-likeness (QED) is 0.627. The molecular weight excluding hydrogens is 282 g/mol. The smallest absolute Gasteiger partial charge is 0.332 e. The van der Waals surface area contributed by atoms with Gasteiger partial charge in [0.15, 0.2) is 17.6 Å². The van der Waals surface area contributed by atoms with Crippen LogP contribution in [0.2, 0.25) is 0 Å². The normalized spacial score (nSPS) is 21.0. The van der Waals surface area contributed by atoms with E-state index in [-0.39, 0.29) is 24.1 Å². The lowest BCUT2D eigenvalue weighted by Gasteiger charge is -2.14. The zero-order chi connectivity index (χ0) is 15.4. The third-order valence-corrected chi connectivity index (χ3v) is 3.17. The van der Waals surface area contributed by atoms with Gasteiger partial charge < -0.3 is 19.3 Å². The Kier molecular flexibility index (Phi) is 4.59. The fraction of sp³-hybridized carbons (Fsp3) is 0.462. The molecule has 1 aliphatic rings. The Morgan fingerprint density at radius 3 is 2.81 bits per heavy atom. The molecule has 0 spiro atoms. The number of aliphatic carboxylic acids is 1. The standard InChI is InChI=1S/C13H15NO7/c1-19-12-6-8(14(17)18)2-4-10(12)20-7-9-3-5-11(21-9)13(15)16/h2,4,6,9,11H,3,5,7H2,1H3,(H,15,16). The van der Waals surface area contributed by atoms with Gasteiger partial charge in [-0.1, -0.05) is 0 Å². The van der Waals surface area contributed by atoms with E-state index in [0.717, 1.165) is 0 Å². The molecule has 2 atom stereocenters. The summed E-state index contributed by atoms with van der Waals surface area (Å²) in [6.07, 6.45) is -0.0733. The molecule has 8 nitrogen and oxygen atoms in total. The minimum absolute atomic E-state index is 0.0951. The molecule has 1 heterocycles. The van der Waals surface area contributed by atoms with Gasteiger partial charge in [-0.3, -0.25) is 10.1 Å². The van der Waals surface area contributed by atoms with E-state index in [1.165, 1.54) is 25.3 Å². The molecule has 1 fully saturated rings. The van der Waals surface area contributed by atoms with Crippen molar-refractivity contribution in [2.75, 3.05) is 13.7 Å². The first-order valence-electron chi connectivity index (χ1n) is 6.34. The zero-order valence-electron chi connectivity index (χ0n) is 11.4. The van der Waals surface area contributed by atoms with Crippen molar-refractivity contribution in [3.8, 4) is 11.5 Å². The predicted octanol–water partition coefficient (Wildman–Crippen LogP) is 1.61. The number of hydrogen-bond acceptors (Lipinski definition) is 6. The summed E-state index contributed by atoms with van der Waals surface area (Å²) in [6.45, 7) is 0.165. The van der Waals surface area contributed by atoms with Crippen LogP contribution in [0.15, 0.2) is 18.2 Å². The molecular formula is C13H15NO7. The summed E-state index contributed by atoms with van der Waals surface area (Å²) in [5.74, 6) is -0.382. The van der Waals surface area contributed by atoms with Crippen molar-refractivity contribution < 1.29 is 29.0 Å². The van der Waals surface area contributed by atoms with Crippen LogP contribution in [-0.2, 0) is 9.53 Å². The number of methoxy groups -OCH3 is 1. The molecule has 1 aromatic carbocycles. The Hall–Kier alpha value is -2.35. The number of carboxylic acid groups (broad SMARTS) is 1. The highest BCUT2D eigenvalue weighted by atomic mass is 16.6. The van der Waals surface area contributed by atoms with Gasteiger partial charge in [0, 0.05) is 6.07 Å². The number of nitro groups is 1. The van der Waals surface area contributed by atoms with E-state index >= 15 is 0 Å². The zero-order valence-corrected chi connectivity index (χ0v) is 11.4. The van der Waals surface area contributed by atoms with Crippen molar-refractivity contribution in [2.24, 2.45) is 0 Å². The number of non-ortho nitro benzene ring substituents is 1. The molecule has 1 N–H and O–H groups in total. The lowest BCUT2D eigenvalue weighted by Crippen LogP contribution is -2.23. The molecule has 1 aromatic rings. The van der Waals surface area contributed by atoms with E-state index in [4.69, 9.17) is 19.3 Å². The second kappa shape index (κ2) is 6.40. The van der Waals surface area contributed by atoms with Gasteiger partial charge in [0.05, 0.1) is 24.2 Å². The van der Waals surface area contributed by atoms with Gasteiger partial charge in [-0.15, -0.1) is 0 Å². The minimum Gasteiger partial charge on any atom is -0.493 e. The van der Waals surface area contributed by atoms with E-state index in [2.05, 4.69) is 0 Å². The second-order valence-corrected chi connectivity index (χ2v) is 4.57. The highest BCUT2D eigenvalue weighted by Gasteiger charge is 2.31. The maximum atomic E-state index is 10.8. The number of nitrogens with zero attached hydrogens (tertiary/aromatic N) is 1. The average Bonchev–Trinajstić information content (AvgIpc) is 2.93. The first-order chi connectivity index (χ1) is 10.0. The third kappa shape index (κ3) is 3.60. The third-order valence-electron chi connectivity index (χ3n) is 3.17. The summed E-state index contributed by atoms with van der Waals surface area (Å²) in [5.41, 5.74) is -0.0951. The highest BCUT2D eigenvalue weighted by Crippen LogP contribution is 2.32. The Morgan fingerprint density at radius 2 is 2.24 bits per heavy atom. The molecule has 1 aliphatic heterocycles. The Balaban J connectivity index is 1.97. The summed E-state index contributed by atoms with van der Waals surface area (Å²) in [7, 11) is 1.39. The van der Waals surface area contributed by atoms with E-state index in [0.29, 0.717) is 18.6 Å². The van der Waals surface area contributed by atoms with Crippen LogP contribution in [0.3, 0.4) is 0 Å². The largest absolute Gasteiger partial charge is 0.493 e. The van der Waals surface area contributed by atoms with Crippen molar-refractivity contribution in [1.82, 2.24) is 0 Å². The van der Waals surface area contributed by atoms with E-state index in [1.54, 1.807) is 0 Å². The maximum absolute atomic E-state index is 10.8. The van der Waals surface area contributed by atoms with Crippen LogP contribution < -0.4 is 9.47 Å². The molecule has 0 radical (unpaired) electrons. The number of rotatable bonds is 6. The van der Waals surface area contributed by atoms with Crippen molar-refractivity contribution in [3.05, 3.63) is 28.3 Å². The van der Waals surface area contributed by atoms with Gasteiger partial charge in [0.2, 0.25) is 0 Å². The molecule has 114 valence electrons. The maximum Gasteiger partial charge on any atom is 0.332 e. The van der Waals surface area contributed by atoms with Gasteiger partial charge in [0.25, 0.3) is 5.69 Å². The van der Waals surface area contributed by atoms with Crippen LogP contribution in [0, 0.1) is 10.1 Å². The number of hydrogen-bond donors (Lipinski definition) is 1. The molecule has 8 heteroatoms. The molecule has 1 saturated heterocycles. The van der Waals surface area contributed by atoms with Crippen LogP contribution in [0.1, 0.15) is 12.8 Å². The summed E-state index contributed by atoms with van der Waals surface area (Å²) in [6, 6.07) is 4.03. The number of carboxylic acids is 1. The molecule has 0 bridgehead atoms. The lowest BCUT2D eigenvalue weighted by atomic mass is 10.2. The molecule has 21 heavy (non-hydrogen) atoms. The molecule has 2 unspecified atom stereocenters. The van der Waals surface area contributed by atoms with Crippen LogP contribution in [0.25, 0.3) is 0 Å². The molecule has 0 aromatic heterocycles. The van der Waals surface area contributed by atoms with Crippen LogP contribution in [0.5, 0.6) is 11.5 Å². The van der Waals surface area contributed by atoms with Crippen LogP contribution in [0.4, 0.5) is 5.69 Å². The lowest BCUT2D eigenvalue weighted by molar-refractivity contribution is -0.385. The first-order valence-corrected chi connectivity index (χ1v) is 6.34. The Labute approximate surface area is 120 Å². The molecule has 2 rings (SSSR count). The number of carbonyl (C=O) groups is 1. The highest BCUT2D eigenvalue weighted by molar-refractivity contribution is 5.72. The van der Waals surface area contributed by atoms with Gasteiger partial charge in [-0.25, -0.2) is 4.79 Å². The summed E-state index contributed by atoms with van der Waals surface area (Å²) < 4.78 is 15.9. The summed E-state index contributed by atoms with van der Waals surface area (Å²) in [4.78, 5) is 20.9. The fourth-order valence-electron chi connectivity index (χ4n) is 2.08. The van der Waals surface area contributed by atoms with Crippen molar-refractivity contribution >= 4 is 11.7 Å². The second-order valence-electron chi connectivity index (χ2n) is 4.57. The molecule has 0 aliphatic carbocycles. The van der Waals surface area contributed by atoms with Crippen LogP contribution in [-0.4, -0.2) is 41.9 Å². The van der Waals surface area contributed by atoms with Gasteiger partial charge >= 0.3 is 5.97 Å². The van der Waals surface area contributed by atoms with Gasteiger partial charge in [-0.2, -0.15) is 0 Å². The van der Waals surface area contributed by atoms with Crippen molar-refractivity contribution in [1.29, 1.82) is 0 Å². The first kappa shape index (κ1) is 15.0. The van der Waals surface area contributed by atoms with Crippen molar-refractivity contribution in [3.63, 3.8) is 0 Å². The van der Waals surface area contributed by atoms with E-state index in [1.807, 2.05) is 0 Å². The number of ether oxygens (including phenoxy) is 3. The predicted molar refractivity (Wildman–Crippen MR) is 70.7 cm³/mol. The number of benzene rings is 1. The van der Waals surface area contributed by atoms with Gasteiger partial charge in [0.1, 0.15) is 6.61 Å². The average molecular weight is 297 g/mol. The fourth-order valence-corrected chi connectivity index (χ4v) is 2.08. The topological polar surface area (TPSA) is 108 Å². The Morgan fingerprint density at radius 1 is 1.48 bits per heavy atom. The van der Waals surface area contributed by atoms with E-state index < -0.39 is 17.0 Å². The summed E-state index contributed by atoms with van der Waals surface area (Å²) >= 11 is 0. The van der Waals surface area contributed by atoms with E-state index in [9.17, 15) is 14.9 Å². The molecule has 0 saturated carbocycles. The Bertz CT molecular complexity index is 545.